The highest BCUT2D eigenvalue weighted by molar-refractivity contribution is 7.08. The van der Waals surface area contributed by atoms with Gasteiger partial charge in [-0.15, -0.1) is 0 Å². The maximum absolute atomic E-state index is 12.7. The number of pyridine rings is 1. The van der Waals surface area contributed by atoms with Crippen LogP contribution in [0.3, 0.4) is 0 Å². The Bertz CT molecular complexity index is 1190. The van der Waals surface area contributed by atoms with Gasteiger partial charge in [0.2, 0.25) is 0 Å². The number of piperidine rings is 1. The minimum atomic E-state index is 0.102. The van der Waals surface area contributed by atoms with E-state index in [1.807, 2.05) is 56.7 Å². The number of hydrogen-bond acceptors (Lipinski definition) is 5. The van der Waals surface area contributed by atoms with E-state index in [1.54, 1.807) is 18.4 Å². The number of thiophene rings is 1. The Kier molecular flexibility index (Phi) is 4.96. The molecule has 0 radical (unpaired) electrons. The number of rotatable bonds is 4. The number of likely N-dealkylation sites (tertiary alicyclic amines) is 1. The van der Waals surface area contributed by atoms with E-state index in [0.717, 1.165) is 53.3 Å². The second-order valence-corrected chi connectivity index (χ2v) is 8.30. The lowest BCUT2D eigenvalue weighted by Crippen LogP contribution is -2.39. The molecular formula is C23H22N4O2S. The van der Waals surface area contributed by atoms with Gasteiger partial charge in [-0.2, -0.15) is 16.4 Å². The fraction of sp³-hybridized carbons (Fsp3) is 0.261. The van der Waals surface area contributed by atoms with Gasteiger partial charge in [0.15, 0.2) is 11.5 Å². The molecule has 6 nitrogen and oxygen atoms in total. The Morgan fingerprint density at radius 1 is 1.20 bits per heavy atom. The second-order valence-electron chi connectivity index (χ2n) is 7.52. The molecule has 4 heterocycles. The van der Waals surface area contributed by atoms with Gasteiger partial charge in [-0.1, -0.05) is 12.1 Å². The van der Waals surface area contributed by atoms with Gasteiger partial charge in [0.05, 0.1) is 12.7 Å². The lowest BCUT2D eigenvalue weighted by molar-refractivity contribution is 0.0705. The van der Waals surface area contributed by atoms with Gasteiger partial charge < -0.3 is 9.64 Å². The molecule has 3 aromatic heterocycles. The molecule has 1 fully saturated rings. The number of ether oxygens (including phenoxy) is 1. The van der Waals surface area contributed by atoms with Gasteiger partial charge in [-0.25, -0.2) is 9.50 Å². The predicted molar refractivity (Wildman–Crippen MR) is 117 cm³/mol. The van der Waals surface area contributed by atoms with Crippen molar-refractivity contribution in [2.45, 2.75) is 18.8 Å². The van der Waals surface area contributed by atoms with E-state index in [0.29, 0.717) is 6.54 Å². The van der Waals surface area contributed by atoms with Gasteiger partial charge in [-0.3, -0.25) is 4.79 Å². The normalized spacial score (nSPS) is 16.7. The number of carbonyl (C=O) groups excluding carboxylic acids is 1. The van der Waals surface area contributed by atoms with Crippen molar-refractivity contribution in [2.24, 2.45) is 0 Å². The molecule has 30 heavy (non-hydrogen) atoms. The number of amides is 1. The molecule has 1 atom stereocenters. The minimum Gasteiger partial charge on any atom is -0.497 e. The zero-order chi connectivity index (χ0) is 20.5. The monoisotopic (exact) mass is 418 g/mol. The van der Waals surface area contributed by atoms with Crippen molar-refractivity contribution < 1.29 is 9.53 Å². The highest BCUT2D eigenvalue weighted by Gasteiger charge is 2.28. The molecule has 152 valence electrons. The molecule has 1 amide bonds. The molecule has 0 unspecified atom stereocenters. The smallest absolute Gasteiger partial charge is 0.254 e. The zero-order valence-corrected chi connectivity index (χ0v) is 17.5. The summed E-state index contributed by atoms with van der Waals surface area (Å²) in [5.41, 5.74) is 3.71. The van der Waals surface area contributed by atoms with Gasteiger partial charge in [-0.05, 0) is 54.1 Å². The van der Waals surface area contributed by atoms with Crippen LogP contribution in [0.25, 0.3) is 16.8 Å². The summed E-state index contributed by atoms with van der Waals surface area (Å²) in [6.07, 6.45) is 3.95. The third kappa shape index (κ3) is 3.57. The average Bonchev–Trinajstić information content (AvgIpc) is 3.48. The van der Waals surface area contributed by atoms with E-state index < -0.39 is 0 Å². The van der Waals surface area contributed by atoms with Gasteiger partial charge in [0.25, 0.3) is 5.91 Å². The Morgan fingerprint density at radius 3 is 2.97 bits per heavy atom. The van der Waals surface area contributed by atoms with Gasteiger partial charge in [0.1, 0.15) is 5.75 Å². The largest absolute Gasteiger partial charge is 0.497 e. The molecule has 0 aliphatic carbocycles. The van der Waals surface area contributed by atoms with Crippen molar-refractivity contribution in [3.05, 3.63) is 70.8 Å². The van der Waals surface area contributed by atoms with Crippen molar-refractivity contribution in [1.82, 2.24) is 19.5 Å². The van der Waals surface area contributed by atoms with Crippen molar-refractivity contribution in [3.63, 3.8) is 0 Å². The molecule has 4 aromatic rings. The number of carbonyl (C=O) groups is 1. The number of fused-ring (bicyclic) bond motifs is 1. The first kappa shape index (κ1) is 18.8. The predicted octanol–water partition coefficient (Wildman–Crippen LogP) is 4.49. The molecule has 0 saturated carbocycles. The fourth-order valence-electron chi connectivity index (χ4n) is 3.99. The zero-order valence-electron chi connectivity index (χ0n) is 16.7. The van der Waals surface area contributed by atoms with Crippen LogP contribution >= 0.6 is 11.3 Å². The van der Waals surface area contributed by atoms with E-state index >= 15 is 0 Å². The summed E-state index contributed by atoms with van der Waals surface area (Å²) >= 11 is 1.55. The van der Waals surface area contributed by atoms with Crippen LogP contribution in [0.2, 0.25) is 0 Å². The van der Waals surface area contributed by atoms with E-state index in [4.69, 9.17) is 14.8 Å². The number of aromatic nitrogens is 3. The SMILES string of the molecule is COc1cccc(-c2ccc3nc([C@@H]4CCCN(C(=O)c5ccsc5)C4)nn3c2)c1. The number of hydrogen-bond donors (Lipinski definition) is 0. The fourth-order valence-corrected chi connectivity index (χ4v) is 4.62. The van der Waals surface area contributed by atoms with Crippen LogP contribution in [0.1, 0.15) is 34.9 Å². The first-order valence-electron chi connectivity index (χ1n) is 10.0. The highest BCUT2D eigenvalue weighted by Crippen LogP contribution is 2.28. The van der Waals surface area contributed by atoms with Gasteiger partial charge >= 0.3 is 0 Å². The maximum atomic E-state index is 12.7. The summed E-state index contributed by atoms with van der Waals surface area (Å²) < 4.78 is 7.17. The number of methoxy groups -OCH3 is 1. The molecule has 5 rings (SSSR count). The molecule has 0 spiro atoms. The van der Waals surface area contributed by atoms with Crippen LogP contribution < -0.4 is 4.74 Å². The van der Waals surface area contributed by atoms with Crippen molar-refractivity contribution in [3.8, 4) is 16.9 Å². The summed E-state index contributed by atoms with van der Waals surface area (Å²) in [4.78, 5) is 19.4. The van der Waals surface area contributed by atoms with Crippen molar-refractivity contribution in [1.29, 1.82) is 0 Å². The second kappa shape index (κ2) is 7.91. The summed E-state index contributed by atoms with van der Waals surface area (Å²) in [7, 11) is 1.67. The number of nitrogens with zero attached hydrogens (tertiary/aromatic N) is 4. The summed E-state index contributed by atoms with van der Waals surface area (Å²) in [5, 5.41) is 8.61. The van der Waals surface area contributed by atoms with E-state index in [2.05, 4.69) is 12.1 Å². The minimum absolute atomic E-state index is 0.102. The van der Waals surface area contributed by atoms with E-state index in [-0.39, 0.29) is 11.8 Å². The molecule has 1 saturated heterocycles. The van der Waals surface area contributed by atoms with Crippen LogP contribution in [0.5, 0.6) is 5.75 Å². The highest BCUT2D eigenvalue weighted by atomic mass is 32.1. The molecule has 7 heteroatoms. The van der Waals surface area contributed by atoms with E-state index in [1.165, 1.54) is 0 Å². The first-order valence-corrected chi connectivity index (χ1v) is 11.0. The summed E-state index contributed by atoms with van der Waals surface area (Å²) in [6, 6.07) is 13.9. The topological polar surface area (TPSA) is 59.7 Å². The molecule has 0 N–H and O–H groups in total. The Morgan fingerprint density at radius 2 is 2.13 bits per heavy atom. The molecule has 0 bridgehead atoms. The molecule has 1 aliphatic heterocycles. The summed E-state index contributed by atoms with van der Waals surface area (Å²) in [6.45, 7) is 1.45. The lowest BCUT2D eigenvalue weighted by atomic mass is 9.97. The molecule has 1 aromatic carbocycles. The molecular weight excluding hydrogens is 396 g/mol. The van der Waals surface area contributed by atoms with Crippen LogP contribution in [0, 0.1) is 0 Å². The number of benzene rings is 1. The lowest BCUT2D eigenvalue weighted by Gasteiger charge is -2.31. The van der Waals surface area contributed by atoms with Crippen LogP contribution in [0.15, 0.2) is 59.4 Å². The van der Waals surface area contributed by atoms with Crippen LogP contribution in [-0.4, -0.2) is 45.6 Å². The third-order valence-electron chi connectivity index (χ3n) is 5.59. The third-order valence-corrected chi connectivity index (χ3v) is 6.28. The van der Waals surface area contributed by atoms with Crippen LogP contribution in [0.4, 0.5) is 0 Å². The quantitative estimate of drug-likeness (QED) is 0.490. The maximum Gasteiger partial charge on any atom is 0.254 e. The summed E-state index contributed by atoms with van der Waals surface area (Å²) in [5.74, 6) is 1.89. The van der Waals surface area contributed by atoms with Gasteiger partial charge in [0, 0.05) is 36.1 Å². The Hall–Kier alpha value is -3.19. The Balaban J connectivity index is 1.40. The van der Waals surface area contributed by atoms with Crippen molar-refractivity contribution >= 4 is 22.9 Å². The van der Waals surface area contributed by atoms with Crippen LogP contribution in [-0.2, 0) is 0 Å². The van der Waals surface area contributed by atoms with E-state index in [9.17, 15) is 4.79 Å². The van der Waals surface area contributed by atoms with Crippen molar-refractivity contribution in [2.75, 3.05) is 20.2 Å². The first-order chi connectivity index (χ1) is 14.7. The molecule has 1 aliphatic rings. The Labute approximate surface area is 178 Å². The average molecular weight is 419 g/mol. The standard InChI is InChI=1S/C23H22N4O2S/c1-29-20-6-2-4-16(12-20)17-7-8-21-24-22(25-27(21)14-17)18-5-3-10-26(13-18)23(28)19-9-11-30-15-19/h2,4,6-9,11-12,14-15,18H,3,5,10,13H2,1H3/t18-/m1/s1.